The second kappa shape index (κ2) is 5.82. The third-order valence-electron chi connectivity index (χ3n) is 4.02. The van der Waals surface area contributed by atoms with Crippen molar-refractivity contribution in [3.63, 3.8) is 0 Å². The normalized spacial score (nSPS) is 13.9. The second-order valence-electron chi connectivity index (χ2n) is 5.55. The smallest absolute Gasteiger partial charge is 0.323 e. The molecule has 0 atom stereocenters. The van der Waals surface area contributed by atoms with Crippen LogP contribution in [0.25, 0.3) is 0 Å². The number of hydrogen-bond donors (Lipinski definition) is 1. The molecule has 2 aromatic rings. The summed E-state index contributed by atoms with van der Waals surface area (Å²) in [6.07, 6.45) is 3.04. The van der Waals surface area contributed by atoms with Gasteiger partial charge in [-0.25, -0.2) is 4.39 Å². The van der Waals surface area contributed by atoms with E-state index in [9.17, 15) is 14.2 Å². The van der Waals surface area contributed by atoms with Gasteiger partial charge in [-0.05, 0) is 48.0 Å². The molecule has 0 bridgehead atoms. The van der Waals surface area contributed by atoms with Crippen molar-refractivity contribution in [3.05, 3.63) is 65.0 Å². The van der Waals surface area contributed by atoms with Crippen LogP contribution in [0.1, 0.15) is 27.9 Å². The fraction of sp³-hybridized carbons (Fsp3) is 0.235. The molecule has 0 radical (unpaired) electrons. The molecular formula is C17H16BFO2. The van der Waals surface area contributed by atoms with E-state index in [1.165, 1.54) is 29.8 Å². The molecule has 0 fully saturated rings. The Labute approximate surface area is 123 Å². The maximum atomic E-state index is 12.9. The van der Waals surface area contributed by atoms with E-state index in [0.29, 0.717) is 5.56 Å². The molecular weight excluding hydrogens is 266 g/mol. The van der Waals surface area contributed by atoms with E-state index in [1.54, 1.807) is 0 Å². The van der Waals surface area contributed by atoms with Crippen molar-refractivity contribution in [2.75, 3.05) is 0 Å². The van der Waals surface area contributed by atoms with E-state index >= 15 is 0 Å². The highest BCUT2D eigenvalue weighted by molar-refractivity contribution is 6.67. The molecule has 0 saturated carbocycles. The highest BCUT2D eigenvalue weighted by Crippen LogP contribution is 2.16. The summed E-state index contributed by atoms with van der Waals surface area (Å²) in [5, 5.41) is 10.0. The Hall–Kier alpha value is -1.94. The summed E-state index contributed by atoms with van der Waals surface area (Å²) in [5.74, 6) is -0.385. The van der Waals surface area contributed by atoms with Crippen molar-refractivity contribution in [3.8, 4) is 0 Å². The standard InChI is InChI=1S/C17H16BFO2/c19-15-7-5-14(6-8-15)17(20)11-12-3-4-13-2-1-9-18(21)16(13)10-12/h3-8,10,21H,1-2,9,11H2. The zero-order valence-electron chi connectivity index (χ0n) is 11.7. The highest BCUT2D eigenvalue weighted by atomic mass is 19.1. The number of carbonyl (C=O) groups is 1. The molecule has 0 aromatic heterocycles. The lowest BCUT2D eigenvalue weighted by Crippen LogP contribution is -2.36. The van der Waals surface area contributed by atoms with Crippen molar-refractivity contribution in [2.45, 2.75) is 25.6 Å². The molecule has 2 aromatic carbocycles. The Morgan fingerprint density at radius 1 is 1.19 bits per heavy atom. The lowest BCUT2D eigenvalue weighted by molar-refractivity contribution is 0.0993. The molecule has 1 N–H and O–H groups in total. The number of hydrogen-bond acceptors (Lipinski definition) is 2. The monoisotopic (exact) mass is 282 g/mol. The average molecular weight is 282 g/mol. The van der Waals surface area contributed by atoms with E-state index in [2.05, 4.69) is 0 Å². The van der Waals surface area contributed by atoms with Gasteiger partial charge in [-0.15, -0.1) is 0 Å². The van der Waals surface area contributed by atoms with E-state index < -0.39 is 6.92 Å². The Morgan fingerprint density at radius 2 is 1.95 bits per heavy atom. The lowest BCUT2D eigenvalue weighted by atomic mass is 9.53. The molecule has 1 aliphatic rings. The van der Waals surface area contributed by atoms with Crippen LogP contribution in [0.2, 0.25) is 6.32 Å². The average Bonchev–Trinajstić information content (AvgIpc) is 2.49. The van der Waals surface area contributed by atoms with Crippen molar-refractivity contribution >= 4 is 18.2 Å². The van der Waals surface area contributed by atoms with Crippen molar-refractivity contribution in [2.24, 2.45) is 0 Å². The van der Waals surface area contributed by atoms with Crippen LogP contribution < -0.4 is 5.46 Å². The van der Waals surface area contributed by atoms with Crippen molar-refractivity contribution in [1.82, 2.24) is 0 Å². The third kappa shape index (κ3) is 3.06. The summed E-state index contributed by atoms with van der Waals surface area (Å²) in [7, 11) is 0. The predicted octanol–water partition coefficient (Wildman–Crippen LogP) is 2.39. The summed E-state index contributed by atoms with van der Waals surface area (Å²) < 4.78 is 12.9. The van der Waals surface area contributed by atoms with Crippen LogP contribution >= 0.6 is 0 Å². The number of fused-ring (bicyclic) bond motifs is 1. The lowest BCUT2D eigenvalue weighted by Gasteiger charge is -2.19. The summed E-state index contributed by atoms with van der Waals surface area (Å²) >= 11 is 0. The maximum absolute atomic E-state index is 12.9. The first kappa shape index (κ1) is 14.0. The van der Waals surface area contributed by atoms with E-state index in [1.807, 2.05) is 18.2 Å². The number of ketones is 1. The Bertz CT molecular complexity index is 667. The summed E-state index contributed by atoms with van der Waals surface area (Å²) in [6, 6.07) is 11.5. The zero-order chi connectivity index (χ0) is 14.8. The fourth-order valence-electron chi connectivity index (χ4n) is 2.86. The van der Waals surface area contributed by atoms with Gasteiger partial charge in [0.2, 0.25) is 0 Å². The fourth-order valence-corrected chi connectivity index (χ4v) is 2.86. The number of rotatable bonds is 3. The molecule has 1 aliphatic heterocycles. The minimum absolute atomic E-state index is 0.0414. The minimum atomic E-state index is -0.422. The van der Waals surface area contributed by atoms with Gasteiger partial charge in [0.15, 0.2) is 5.78 Å². The van der Waals surface area contributed by atoms with Crippen LogP contribution in [0.3, 0.4) is 0 Å². The van der Waals surface area contributed by atoms with E-state index in [0.717, 1.165) is 30.2 Å². The molecule has 106 valence electrons. The quantitative estimate of drug-likeness (QED) is 0.693. The summed E-state index contributed by atoms with van der Waals surface area (Å²) in [5.41, 5.74) is 3.52. The molecule has 0 spiro atoms. The predicted molar refractivity (Wildman–Crippen MR) is 81.6 cm³/mol. The van der Waals surface area contributed by atoms with Gasteiger partial charge in [0.25, 0.3) is 0 Å². The zero-order valence-corrected chi connectivity index (χ0v) is 11.7. The van der Waals surface area contributed by atoms with Crippen LogP contribution in [0.4, 0.5) is 4.39 Å². The second-order valence-corrected chi connectivity index (χ2v) is 5.55. The third-order valence-corrected chi connectivity index (χ3v) is 4.02. The SMILES string of the molecule is O=C(Cc1ccc2c(c1)B(O)CCC2)c1ccc(F)cc1. The van der Waals surface area contributed by atoms with Gasteiger partial charge in [0.05, 0.1) is 0 Å². The van der Waals surface area contributed by atoms with Crippen LogP contribution in [-0.4, -0.2) is 17.7 Å². The molecule has 4 heteroatoms. The topological polar surface area (TPSA) is 37.3 Å². The van der Waals surface area contributed by atoms with Gasteiger partial charge in [-0.3, -0.25) is 4.79 Å². The largest absolute Gasteiger partial charge is 0.446 e. The van der Waals surface area contributed by atoms with Gasteiger partial charge in [0, 0.05) is 12.0 Å². The van der Waals surface area contributed by atoms with Gasteiger partial charge in [0.1, 0.15) is 5.82 Å². The number of Topliss-reactive ketones (excluding diaryl/α,β-unsaturated/α-hetero) is 1. The number of halogens is 1. The van der Waals surface area contributed by atoms with Crippen LogP contribution in [0.5, 0.6) is 0 Å². The number of carbonyl (C=O) groups excluding carboxylic acids is 1. The summed E-state index contributed by atoms with van der Waals surface area (Å²) in [6.45, 7) is -0.422. The van der Waals surface area contributed by atoms with Crippen LogP contribution in [0, 0.1) is 5.82 Å². The Kier molecular flexibility index (Phi) is 3.89. The first-order valence-corrected chi connectivity index (χ1v) is 7.22. The molecule has 0 aliphatic carbocycles. The number of benzene rings is 2. The van der Waals surface area contributed by atoms with Gasteiger partial charge in [-0.1, -0.05) is 30.2 Å². The molecule has 3 rings (SSSR count). The molecule has 0 saturated heterocycles. The van der Waals surface area contributed by atoms with Crippen molar-refractivity contribution in [1.29, 1.82) is 0 Å². The van der Waals surface area contributed by atoms with Crippen LogP contribution in [0.15, 0.2) is 42.5 Å². The molecule has 0 unspecified atom stereocenters. The van der Waals surface area contributed by atoms with Gasteiger partial charge >= 0.3 is 6.92 Å². The van der Waals surface area contributed by atoms with Gasteiger partial charge in [-0.2, -0.15) is 0 Å². The molecule has 1 heterocycles. The first-order valence-electron chi connectivity index (χ1n) is 7.22. The van der Waals surface area contributed by atoms with E-state index in [4.69, 9.17) is 0 Å². The van der Waals surface area contributed by atoms with Gasteiger partial charge < -0.3 is 5.02 Å². The molecule has 0 amide bonds. The van der Waals surface area contributed by atoms with Crippen molar-refractivity contribution < 1.29 is 14.2 Å². The molecule has 2 nitrogen and oxygen atoms in total. The van der Waals surface area contributed by atoms with Crippen LogP contribution in [-0.2, 0) is 12.8 Å². The number of aryl methyl sites for hydroxylation is 1. The summed E-state index contributed by atoms with van der Waals surface area (Å²) in [4.78, 5) is 12.2. The molecule has 21 heavy (non-hydrogen) atoms. The Balaban J connectivity index is 1.80. The Morgan fingerprint density at radius 3 is 2.71 bits per heavy atom. The maximum Gasteiger partial charge on any atom is 0.323 e. The minimum Gasteiger partial charge on any atom is -0.446 e. The van der Waals surface area contributed by atoms with E-state index in [-0.39, 0.29) is 18.0 Å². The first-order chi connectivity index (χ1) is 10.1. The highest BCUT2D eigenvalue weighted by Gasteiger charge is 2.22.